The van der Waals surface area contributed by atoms with Crippen molar-refractivity contribution in [1.82, 2.24) is 25.4 Å². The minimum atomic E-state index is 0. The van der Waals surface area contributed by atoms with Crippen LogP contribution in [0.3, 0.4) is 0 Å². The molecular formula is C20H31ClIN7O2. The van der Waals surface area contributed by atoms with Gasteiger partial charge in [0.2, 0.25) is 0 Å². The first-order valence-corrected chi connectivity index (χ1v) is 10.4. The van der Waals surface area contributed by atoms with Crippen LogP contribution in [0, 0.1) is 6.92 Å². The molecule has 3 rings (SSSR count). The van der Waals surface area contributed by atoms with E-state index in [0.29, 0.717) is 24.7 Å². The molecule has 1 atom stereocenters. The summed E-state index contributed by atoms with van der Waals surface area (Å²) < 4.78 is 12.6. The Morgan fingerprint density at radius 3 is 2.81 bits per heavy atom. The lowest BCUT2D eigenvalue weighted by molar-refractivity contribution is 0.203. The van der Waals surface area contributed by atoms with Gasteiger partial charge in [-0.25, -0.2) is 4.99 Å². The molecule has 0 amide bonds. The lowest BCUT2D eigenvalue weighted by Gasteiger charge is -2.22. The molecule has 2 aromatic rings. The van der Waals surface area contributed by atoms with Crippen LogP contribution in [0.1, 0.15) is 18.1 Å². The first-order valence-electron chi connectivity index (χ1n) is 9.99. The Labute approximate surface area is 205 Å². The van der Waals surface area contributed by atoms with Gasteiger partial charge in [-0.3, -0.25) is 0 Å². The van der Waals surface area contributed by atoms with Crippen molar-refractivity contribution in [3.8, 4) is 5.75 Å². The predicted molar refractivity (Wildman–Crippen MR) is 134 cm³/mol. The highest BCUT2D eigenvalue weighted by Gasteiger charge is 2.25. The number of guanidine groups is 1. The molecule has 172 valence electrons. The van der Waals surface area contributed by atoms with Crippen LogP contribution in [0.25, 0.3) is 0 Å². The van der Waals surface area contributed by atoms with Crippen molar-refractivity contribution in [2.45, 2.75) is 25.9 Å². The largest absolute Gasteiger partial charge is 0.495 e. The first kappa shape index (κ1) is 25.5. The van der Waals surface area contributed by atoms with Gasteiger partial charge in [-0.2, -0.15) is 0 Å². The molecule has 1 aliphatic rings. The van der Waals surface area contributed by atoms with Gasteiger partial charge in [-0.15, -0.1) is 34.2 Å². The summed E-state index contributed by atoms with van der Waals surface area (Å²) in [5.74, 6) is 3.24. The smallest absolute Gasteiger partial charge is 0.192 e. The minimum absolute atomic E-state index is 0. The fraction of sp³-hybridized carbons (Fsp3) is 0.550. The molecule has 0 spiro atoms. The molecule has 1 fully saturated rings. The van der Waals surface area contributed by atoms with E-state index in [0.717, 1.165) is 48.6 Å². The van der Waals surface area contributed by atoms with E-state index < -0.39 is 0 Å². The van der Waals surface area contributed by atoms with Crippen LogP contribution in [0.2, 0.25) is 5.02 Å². The summed E-state index contributed by atoms with van der Waals surface area (Å²) in [4.78, 5) is 6.98. The highest BCUT2D eigenvalue weighted by atomic mass is 127. The number of nitrogens with one attached hydrogen (secondary N) is 2. The van der Waals surface area contributed by atoms with E-state index in [9.17, 15) is 0 Å². The highest BCUT2D eigenvalue weighted by molar-refractivity contribution is 14.0. The van der Waals surface area contributed by atoms with Crippen LogP contribution < -0.4 is 20.3 Å². The highest BCUT2D eigenvalue weighted by Crippen LogP contribution is 2.33. The molecule has 2 N–H and O–H groups in total. The van der Waals surface area contributed by atoms with Gasteiger partial charge >= 0.3 is 0 Å². The fourth-order valence-corrected chi connectivity index (χ4v) is 3.53. The summed E-state index contributed by atoms with van der Waals surface area (Å²) in [7, 11) is 5.30. The number of benzene rings is 1. The van der Waals surface area contributed by atoms with Crippen molar-refractivity contribution in [3.63, 3.8) is 0 Å². The van der Waals surface area contributed by atoms with E-state index >= 15 is 0 Å². The van der Waals surface area contributed by atoms with Crippen LogP contribution in [0.5, 0.6) is 5.75 Å². The maximum atomic E-state index is 6.21. The third-order valence-electron chi connectivity index (χ3n) is 5.17. The van der Waals surface area contributed by atoms with Gasteiger partial charge in [0, 0.05) is 44.9 Å². The maximum Gasteiger partial charge on any atom is 0.192 e. The first-order chi connectivity index (χ1) is 14.5. The van der Waals surface area contributed by atoms with E-state index in [1.807, 2.05) is 36.7 Å². The molecule has 0 aliphatic carbocycles. The summed E-state index contributed by atoms with van der Waals surface area (Å²) >= 11 is 6.21. The Hall–Kier alpha value is -1.79. The molecule has 0 bridgehead atoms. The molecule has 0 radical (unpaired) electrons. The fourth-order valence-electron chi connectivity index (χ4n) is 3.36. The minimum Gasteiger partial charge on any atom is -0.495 e. The van der Waals surface area contributed by atoms with E-state index in [2.05, 4.69) is 25.7 Å². The lowest BCUT2D eigenvalue weighted by atomic mass is 10.2. The summed E-state index contributed by atoms with van der Waals surface area (Å²) in [5, 5.41) is 15.8. The number of nitrogens with zero attached hydrogens (tertiary/aromatic N) is 5. The molecule has 9 nitrogen and oxygen atoms in total. The third-order valence-corrected chi connectivity index (χ3v) is 5.41. The molecule has 0 saturated carbocycles. The van der Waals surface area contributed by atoms with Crippen LogP contribution in [0.15, 0.2) is 23.2 Å². The zero-order valence-corrected chi connectivity index (χ0v) is 21.5. The Morgan fingerprint density at radius 1 is 1.32 bits per heavy atom. The second-order valence-corrected chi connectivity index (χ2v) is 7.64. The van der Waals surface area contributed by atoms with E-state index in [1.165, 1.54) is 0 Å². The molecular weight excluding hydrogens is 533 g/mol. The van der Waals surface area contributed by atoms with Gasteiger partial charge in [0.15, 0.2) is 11.8 Å². The Balaban J connectivity index is 0.00000341. The maximum absolute atomic E-state index is 6.21. The predicted octanol–water partition coefficient (Wildman–Crippen LogP) is 2.36. The van der Waals surface area contributed by atoms with Gasteiger partial charge in [-0.1, -0.05) is 11.6 Å². The molecule has 1 aromatic carbocycles. The number of ether oxygens (including phenoxy) is 2. The average Bonchev–Trinajstić information content (AvgIpc) is 3.33. The van der Waals surface area contributed by atoms with Crippen molar-refractivity contribution >= 4 is 47.2 Å². The van der Waals surface area contributed by atoms with Crippen LogP contribution in [-0.2, 0) is 18.3 Å². The zero-order chi connectivity index (χ0) is 21.5. The van der Waals surface area contributed by atoms with Crippen LogP contribution in [0.4, 0.5) is 5.69 Å². The average molecular weight is 564 g/mol. The molecule has 1 saturated heterocycles. The van der Waals surface area contributed by atoms with E-state index in [-0.39, 0.29) is 30.0 Å². The summed E-state index contributed by atoms with van der Waals surface area (Å²) in [5.41, 5.74) is 1.01. The molecule has 1 aromatic heterocycles. The third kappa shape index (κ3) is 6.84. The van der Waals surface area contributed by atoms with Gasteiger partial charge in [0.25, 0.3) is 0 Å². The monoisotopic (exact) mass is 563 g/mol. The quantitative estimate of drug-likeness (QED) is 0.221. The molecule has 1 unspecified atom stereocenters. The van der Waals surface area contributed by atoms with Crippen LogP contribution in [-0.4, -0.2) is 67.2 Å². The van der Waals surface area contributed by atoms with Gasteiger partial charge in [0.05, 0.1) is 19.4 Å². The summed E-state index contributed by atoms with van der Waals surface area (Å²) in [6, 6.07) is 5.93. The normalized spacial score (nSPS) is 16.2. The number of halogens is 2. The van der Waals surface area contributed by atoms with Crippen molar-refractivity contribution in [3.05, 3.63) is 34.9 Å². The molecule has 11 heteroatoms. The second-order valence-electron chi connectivity index (χ2n) is 7.20. The van der Waals surface area contributed by atoms with E-state index in [1.54, 1.807) is 14.2 Å². The number of methoxy groups -OCH3 is 2. The lowest BCUT2D eigenvalue weighted by Crippen LogP contribution is -2.45. The number of hydrogen-bond acceptors (Lipinski definition) is 6. The van der Waals surface area contributed by atoms with Crippen molar-refractivity contribution in [2.24, 2.45) is 12.0 Å². The van der Waals surface area contributed by atoms with Gasteiger partial charge in [0.1, 0.15) is 18.1 Å². The van der Waals surface area contributed by atoms with Gasteiger partial charge < -0.3 is 29.6 Å². The molecule has 1 aliphatic heterocycles. The number of hydrogen-bond donors (Lipinski definition) is 2. The summed E-state index contributed by atoms with van der Waals surface area (Å²) in [6.45, 7) is 5.36. The Bertz CT molecular complexity index is 877. The van der Waals surface area contributed by atoms with Crippen molar-refractivity contribution < 1.29 is 9.47 Å². The Morgan fingerprint density at radius 2 is 2.13 bits per heavy atom. The summed E-state index contributed by atoms with van der Waals surface area (Å²) in [6.07, 6.45) is 0.976. The van der Waals surface area contributed by atoms with Crippen molar-refractivity contribution in [1.29, 1.82) is 0 Å². The number of aromatic nitrogens is 3. The SMILES string of the molecule is COCCNC(=NCc1nnc(C)n1C)NC1CCN(c2cc(Cl)ccc2OC)C1.I. The standard InChI is InChI=1S/C20H30ClN7O2.HI/c1-14-25-26-19(27(14)2)12-23-20(22-8-10-29-3)24-16-7-9-28(13-16)17-11-15(21)5-6-18(17)30-4;/h5-6,11,16H,7-10,12-13H2,1-4H3,(H2,22,23,24);1H. The van der Waals surface area contributed by atoms with Crippen LogP contribution >= 0.6 is 35.6 Å². The Kier molecular flexibility index (Phi) is 10.1. The topological polar surface area (TPSA) is 88.8 Å². The van der Waals surface area contributed by atoms with Gasteiger partial charge in [-0.05, 0) is 31.5 Å². The molecule has 31 heavy (non-hydrogen) atoms. The molecule has 2 heterocycles. The number of anilines is 1. The van der Waals surface area contributed by atoms with Crippen molar-refractivity contribution in [2.75, 3.05) is 45.4 Å². The number of aryl methyl sites for hydroxylation is 1. The second kappa shape index (κ2) is 12.3. The number of aliphatic imine (C=N–C) groups is 1. The zero-order valence-electron chi connectivity index (χ0n) is 18.4. The number of rotatable bonds is 8. The van der Waals surface area contributed by atoms with E-state index in [4.69, 9.17) is 26.1 Å².